The minimum Gasteiger partial charge on any atom is -0.399 e. The molecule has 4 heteroatoms. The van der Waals surface area contributed by atoms with Gasteiger partial charge in [-0.3, -0.25) is 9.69 Å². The van der Waals surface area contributed by atoms with Crippen LogP contribution in [-0.2, 0) is 11.3 Å². The van der Waals surface area contributed by atoms with E-state index in [9.17, 15) is 4.79 Å². The molecule has 0 aliphatic rings. The molecular weight excluding hydrogens is 250 g/mol. The molecular formula is C16H27N3O. The lowest BCUT2D eigenvalue weighted by atomic mass is 10.2. The first-order valence-electron chi connectivity index (χ1n) is 7.45. The zero-order valence-corrected chi connectivity index (χ0v) is 12.9. The van der Waals surface area contributed by atoms with Gasteiger partial charge in [0.05, 0.1) is 6.54 Å². The molecule has 0 fully saturated rings. The Morgan fingerprint density at radius 3 is 2.45 bits per heavy atom. The summed E-state index contributed by atoms with van der Waals surface area (Å²) in [6, 6.07) is 7.88. The van der Waals surface area contributed by atoms with Gasteiger partial charge in [0, 0.05) is 25.3 Å². The van der Waals surface area contributed by atoms with Crippen LogP contribution in [0, 0.1) is 0 Å². The van der Waals surface area contributed by atoms with Crippen LogP contribution in [0.2, 0.25) is 0 Å². The van der Waals surface area contributed by atoms with Crippen molar-refractivity contribution in [1.29, 1.82) is 0 Å². The number of hydrogen-bond donors (Lipinski definition) is 1. The molecule has 0 saturated heterocycles. The van der Waals surface area contributed by atoms with E-state index in [1.54, 1.807) is 0 Å². The average Bonchev–Trinajstić information content (AvgIpc) is 2.40. The van der Waals surface area contributed by atoms with E-state index < -0.39 is 0 Å². The van der Waals surface area contributed by atoms with E-state index in [-0.39, 0.29) is 5.91 Å². The third kappa shape index (κ3) is 5.21. The van der Waals surface area contributed by atoms with E-state index in [0.29, 0.717) is 6.54 Å². The minimum absolute atomic E-state index is 0.201. The van der Waals surface area contributed by atoms with E-state index in [1.165, 1.54) is 0 Å². The van der Waals surface area contributed by atoms with Gasteiger partial charge in [-0.25, -0.2) is 0 Å². The molecule has 1 amide bonds. The van der Waals surface area contributed by atoms with Gasteiger partial charge in [0.1, 0.15) is 0 Å². The Bertz CT molecular complexity index is 416. The molecule has 0 bridgehead atoms. The quantitative estimate of drug-likeness (QED) is 0.742. The second kappa shape index (κ2) is 8.59. The largest absolute Gasteiger partial charge is 0.399 e. The summed E-state index contributed by atoms with van der Waals surface area (Å²) in [6.45, 7) is 9.88. The van der Waals surface area contributed by atoms with Gasteiger partial charge in [-0.1, -0.05) is 19.1 Å². The van der Waals surface area contributed by atoms with Gasteiger partial charge in [0.25, 0.3) is 0 Å². The maximum absolute atomic E-state index is 12.2. The number of amides is 1. The zero-order chi connectivity index (χ0) is 15.0. The van der Waals surface area contributed by atoms with E-state index >= 15 is 0 Å². The van der Waals surface area contributed by atoms with Crippen LogP contribution < -0.4 is 5.73 Å². The molecule has 0 spiro atoms. The van der Waals surface area contributed by atoms with Crippen LogP contribution in [0.4, 0.5) is 5.69 Å². The molecule has 1 rings (SSSR count). The van der Waals surface area contributed by atoms with E-state index in [1.807, 2.05) is 36.9 Å². The maximum atomic E-state index is 12.2. The highest BCUT2D eigenvalue weighted by Crippen LogP contribution is 2.10. The van der Waals surface area contributed by atoms with Gasteiger partial charge in [-0.15, -0.1) is 0 Å². The number of nitrogen functional groups attached to an aromatic ring is 1. The molecule has 0 atom stereocenters. The fourth-order valence-corrected chi connectivity index (χ4v) is 2.35. The van der Waals surface area contributed by atoms with Crippen LogP contribution in [0.3, 0.4) is 0 Å². The zero-order valence-electron chi connectivity index (χ0n) is 12.9. The number of hydrogen-bond acceptors (Lipinski definition) is 3. The van der Waals surface area contributed by atoms with Crippen molar-refractivity contribution in [2.75, 3.05) is 31.9 Å². The normalized spacial score (nSPS) is 10.8. The van der Waals surface area contributed by atoms with Crippen molar-refractivity contribution in [2.45, 2.75) is 33.7 Å². The van der Waals surface area contributed by atoms with E-state index in [0.717, 1.165) is 43.9 Å². The third-order valence-corrected chi connectivity index (χ3v) is 3.37. The first-order chi connectivity index (χ1) is 9.60. The summed E-state index contributed by atoms with van der Waals surface area (Å²) in [5, 5.41) is 0. The maximum Gasteiger partial charge on any atom is 0.236 e. The molecule has 1 aromatic rings. The van der Waals surface area contributed by atoms with Gasteiger partial charge in [-0.2, -0.15) is 0 Å². The molecule has 112 valence electrons. The van der Waals surface area contributed by atoms with Crippen molar-refractivity contribution in [3.63, 3.8) is 0 Å². The third-order valence-electron chi connectivity index (χ3n) is 3.37. The number of likely N-dealkylation sites (N-methyl/N-ethyl adjacent to an activating group) is 1. The highest BCUT2D eigenvalue weighted by Gasteiger charge is 2.14. The van der Waals surface area contributed by atoms with Gasteiger partial charge >= 0.3 is 0 Å². The summed E-state index contributed by atoms with van der Waals surface area (Å²) in [7, 11) is 0. The second-order valence-electron chi connectivity index (χ2n) is 5.02. The van der Waals surface area contributed by atoms with E-state index in [2.05, 4.69) is 17.9 Å². The number of anilines is 1. The average molecular weight is 277 g/mol. The molecule has 0 heterocycles. The lowest BCUT2D eigenvalue weighted by molar-refractivity contribution is -0.132. The second-order valence-corrected chi connectivity index (χ2v) is 5.02. The number of carbonyl (C=O) groups is 1. The molecule has 0 radical (unpaired) electrons. The summed E-state index contributed by atoms with van der Waals surface area (Å²) in [5.41, 5.74) is 7.74. The number of nitrogens with zero attached hydrogens (tertiary/aromatic N) is 2. The van der Waals surface area contributed by atoms with Crippen LogP contribution in [-0.4, -0.2) is 41.9 Å². The van der Waals surface area contributed by atoms with Crippen LogP contribution in [0.15, 0.2) is 24.3 Å². The van der Waals surface area contributed by atoms with Crippen molar-refractivity contribution < 1.29 is 4.79 Å². The summed E-state index contributed by atoms with van der Waals surface area (Å²) in [6.07, 6.45) is 1.04. The van der Waals surface area contributed by atoms with Gasteiger partial charge in [0.2, 0.25) is 5.91 Å². The molecule has 0 aliphatic heterocycles. The molecule has 0 aromatic heterocycles. The summed E-state index contributed by atoms with van der Waals surface area (Å²) in [4.78, 5) is 16.3. The van der Waals surface area contributed by atoms with Crippen molar-refractivity contribution >= 4 is 11.6 Å². The first-order valence-corrected chi connectivity index (χ1v) is 7.45. The highest BCUT2D eigenvalue weighted by atomic mass is 16.2. The van der Waals surface area contributed by atoms with Crippen molar-refractivity contribution in [1.82, 2.24) is 9.80 Å². The van der Waals surface area contributed by atoms with Gasteiger partial charge in [0.15, 0.2) is 0 Å². The lowest BCUT2D eigenvalue weighted by Crippen LogP contribution is -2.40. The highest BCUT2D eigenvalue weighted by molar-refractivity contribution is 5.78. The lowest BCUT2D eigenvalue weighted by Gasteiger charge is -2.25. The molecule has 4 nitrogen and oxygen atoms in total. The monoisotopic (exact) mass is 277 g/mol. The Kier molecular flexibility index (Phi) is 7.09. The van der Waals surface area contributed by atoms with Crippen molar-refractivity contribution in [2.24, 2.45) is 0 Å². The Morgan fingerprint density at radius 1 is 1.20 bits per heavy atom. The van der Waals surface area contributed by atoms with E-state index in [4.69, 9.17) is 5.73 Å². The molecule has 1 aromatic carbocycles. The van der Waals surface area contributed by atoms with Crippen LogP contribution in [0.1, 0.15) is 32.8 Å². The number of nitrogens with two attached hydrogens (primary N) is 1. The predicted molar refractivity (Wildman–Crippen MR) is 84.4 cm³/mol. The fourth-order valence-electron chi connectivity index (χ4n) is 2.35. The standard InChI is InChI=1S/C16H27N3O/c1-4-10-18(13-16(20)19(5-2)6-3)12-14-8-7-9-15(17)11-14/h7-9,11H,4-6,10,12-13,17H2,1-3H3. The van der Waals surface area contributed by atoms with Crippen LogP contribution in [0.25, 0.3) is 0 Å². The molecule has 20 heavy (non-hydrogen) atoms. The van der Waals surface area contributed by atoms with Gasteiger partial charge < -0.3 is 10.6 Å². The number of benzene rings is 1. The molecule has 0 saturated carbocycles. The predicted octanol–water partition coefficient (Wildman–Crippen LogP) is 2.35. The fraction of sp³-hybridized carbons (Fsp3) is 0.562. The summed E-state index contributed by atoms with van der Waals surface area (Å²) >= 11 is 0. The SMILES string of the molecule is CCCN(CC(=O)N(CC)CC)Cc1cccc(N)c1. The van der Waals surface area contributed by atoms with Crippen LogP contribution >= 0.6 is 0 Å². The Morgan fingerprint density at radius 2 is 1.90 bits per heavy atom. The van der Waals surface area contributed by atoms with Gasteiger partial charge in [-0.05, 0) is 44.5 Å². The molecule has 2 N–H and O–H groups in total. The van der Waals surface area contributed by atoms with Crippen molar-refractivity contribution in [3.05, 3.63) is 29.8 Å². The Hall–Kier alpha value is -1.55. The molecule has 0 aliphatic carbocycles. The Labute approximate surface area is 122 Å². The van der Waals surface area contributed by atoms with Crippen LogP contribution in [0.5, 0.6) is 0 Å². The summed E-state index contributed by atoms with van der Waals surface area (Å²) < 4.78 is 0. The smallest absolute Gasteiger partial charge is 0.236 e. The minimum atomic E-state index is 0.201. The number of rotatable bonds is 8. The molecule has 0 unspecified atom stereocenters. The topological polar surface area (TPSA) is 49.6 Å². The van der Waals surface area contributed by atoms with Crippen molar-refractivity contribution in [3.8, 4) is 0 Å². The Balaban J connectivity index is 2.66. The first kappa shape index (κ1) is 16.5. The summed E-state index contributed by atoms with van der Waals surface area (Å²) in [5.74, 6) is 0.201. The number of carbonyl (C=O) groups excluding carboxylic acids is 1.